The minimum atomic E-state index is -0.196. The van der Waals surface area contributed by atoms with E-state index in [4.69, 9.17) is 4.98 Å². The van der Waals surface area contributed by atoms with Gasteiger partial charge in [0, 0.05) is 19.3 Å². The van der Waals surface area contributed by atoms with Crippen molar-refractivity contribution in [2.45, 2.75) is 13.5 Å². The number of nitrogens with zero attached hydrogens (tertiary/aromatic N) is 4. The summed E-state index contributed by atoms with van der Waals surface area (Å²) in [5.41, 5.74) is 4.31. The molecule has 0 saturated heterocycles. The SMILES string of the molecule is Cc1nn(C)c2nc(-c3cccs3)cc(C(=O)NCc3cccc(NC(=O)CN(C)C)c3)c12. The molecule has 0 spiro atoms. The first kappa shape index (κ1) is 22.6. The Kier molecular flexibility index (Phi) is 6.52. The van der Waals surface area contributed by atoms with Crippen LogP contribution >= 0.6 is 11.3 Å². The van der Waals surface area contributed by atoms with Gasteiger partial charge >= 0.3 is 0 Å². The Morgan fingerprint density at radius 3 is 2.70 bits per heavy atom. The predicted molar refractivity (Wildman–Crippen MR) is 131 cm³/mol. The van der Waals surface area contributed by atoms with E-state index in [-0.39, 0.29) is 11.8 Å². The van der Waals surface area contributed by atoms with Crippen molar-refractivity contribution in [3.63, 3.8) is 0 Å². The zero-order valence-electron chi connectivity index (χ0n) is 19.0. The number of thiophene rings is 1. The minimum absolute atomic E-state index is 0.0893. The summed E-state index contributed by atoms with van der Waals surface area (Å²) in [7, 11) is 5.52. The number of pyridine rings is 1. The Labute approximate surface area is 196 Å². The van der Waals surface area contributed by atoms with Gasteiger partial charge in [-0.25, -0.2) is 4.98 Å². The molecule has 0 atom stereocenters. The van der Waals surface area contributed by atoms with E-state index >= 15 is 0 Å². The summed E-state index contributed by atoms with van der Waals surface area (Å²) in [4.78, 5) is 32.8. The number of aromatic nitrogens is 3. The second-order valence-corrected chi connectivity index (χ2v) is 9.06. The number of likely N-dealkylation sites (N-methyl/N-ethyl adjacent to an activating group) is 1. The highest BCUT2D eigenvalue weighted by Crippen LogP contribution is 2.29. The molecule has 3 heterocycles. The topological polar surface area (TPSA) is 92.1 Å². The molecule has 9 heteroatoms. The highest BCUT2D eigenvalue weighted by atomic mass is 32.1. The molecule has 0 fully saturated rings. The molecule has 0 aliphatic heterocycles. The van der Waals surface area contributed by atoms with Crippen molar-refractivity contribution in [2.75, 3.05) is 26.0 Å². The molecule has 0 unspecified atom stereocenters. The van der Waals surface area contributed by atoms with E-state index in [1.54, 1.807) is 20.9 Å². The maximum atomic E-state index is 13.3. The fraction of sp³-hybridized carbons (Fsp3) is 0.250. The van der Waals surface area contributed by atoms with Crippen LogP contribution in [-0.2, 0) is 18.4 Å². The summed E-state index contributed by atoms with van der Waals surface area (Å²) in [6.45, 7) is 2.51. The molecule has 170 valence electrons. The van der Waals surface area contributed by atoms with Crippen molar-refractivity contribution in [1.82, 2.24) is 25.0 Å². The summed E-state index contributed by atoms with van der Waals surface area (Å²) in [6, 6.07) is 13.2. The Balaban J connectivity index is 1.56. The van der Waals surface area contributed by atoms with Gasteiger partial charge in [-0.05, 0) is 56.2 Å². The smallest absolute Gasteiger partial charge is 0.252 e. The molecule has 2 amide bonds. The van der Waals surface area contributed by atoms with Crippen LogP contribution in [-0.4, -0.2) is 52.1 Å². The maximum absolute atomic E-state index is 13.3. The van der Waals surface area contributed by atoms with Gasteiger partial charge in [-0.15, -0.1) is 11.3 Å². The normalized spacial score (nSPS) is 11.2. The van der Waals surface area contributed by atoms with E-state index in [2.05, 4.69) is 15.7 Å². The number of benzene rings is 1. The van der Waals surface area contributed by atoms with E-state index in [1.165, 1.54) is 0 Å². The van der Waals surface area contributed by atoms with E-state index in [1.807, 2.05) is 75.9 Å². The van der Waals surface area contributed by atoms with Crippen LogP contribution in [0.4, 0.5) is 5.69 Å². The quantitative estimate of drug-likeness (QED) is 0.439. The molecule has 3 aromatic heterocycles. The molecule has 0 saturated carbocycles. The van der Waals surface area contributed by atoms with Crippen molar-refractivity contribution < 1.29 is 9.59 Å². The van der Waals surface area contributed by atoms with E-state index in [9.17, 15) is 9.59 Å². The van der Waals surface area contributed by atoms with Gasteiger partial charge in [0.05, 0.1) is 33.8 Å². The Bertz CT molecular complexity index is 1310. The number of nitrogens with one attached hydrogen (secondary N) is 2. The van der Waals surface area contributed by atoms with E-state index < -0.39 is 0 Å². The summed E-state index contributed by atoms with van der Waals surface area (Å²) in [5, 5.41) is 13.1. The summed E-state index contributed by atoms with van der Waals surface area (Å²) in [6.07, 6.45) is 0. The molecule has 4 aromatic rings. The second-order valence-electron chi connectivity index (χ2n) is 8.11. The van der Waals surface area contributed by atoms with Gasteiger partial charge < -0.3 is 15.5 Å². The zero-order valence-corrected chi connectivity index (χ0v) is 19.9. The molecular weight excluding hydrogens is 436 g/mol. The first-order valence-electron chi connectivity index (χ1n) is 10.5. The molecular formula is C24H26N6O2S. The molecule has 8 nitrogen and oxygen atoms in total. The largest absolute Gasteiger partial charge is 0.348 e. The molecule has 1 aromatic carbocycles. The fourth-order valence-electron chi connectivity index (χ4n) is 3.70. The fourth-order valence-corrected chi connectivity index (χ4v) is 4.38. The molecule has 0 aliphatic carbocycles. The van der Waals surface area contributed by atoms with Crippen molar-refractivity contribution in [3.8, 4) is 10.6 Å². The number of fused-ring (bicyclic) bond motifs is 1. The first-order valence-corrected chi connectivity index (χ1v) is 11.4. The lowest BCUT2D eigenvalue weighted by molar-refractivity contribution is -0.116. The van der Waals surface area contributed by atoms with Gasteiger partial charge in [-0.2, -0.15) is 5.10 Å². The van der Waals surface area contributed by atoms with Crippen LogP contribution in [0.25, 0.3) is 21.6 Å². The summed E-state index contributed by atoms with van der Waals surface area (Å²) >= 11 is 1.58. The van der Waals surface area contributed by atoms with Gasteiger partial charge in [0.25, 0.3) is 5.91 Å². The number of aryl methyl sites for hydroxylation is 2. The number of hydrogen-bond donors (Lipinski definition) is 2. The molecule has 0 aliphatic rings. The lowest BCUT2D eigenvalue weighted by atomic mass is 10.1. The van der Waals surface area contributed by atoms with Gasteiger partial charge in [0.15, 0.2) is 5.65 Å². The lowest BCUT2D eigenvalue weighted by Gasteiger charge is -2.12. The Morgan fingerprint density at radius 1 is 1.15 bits per heavy atom. The number of anilines is 1. The maximum Gasteiger partial charge on any atom is 0.252 e. The van der Waals surface area contributed by atoms with Crippen LogP contribution in [0.5, 0.6) is 0 Å². The molecule has 0 radical (unpaired) electrons. The average Bonchev–Trinajstić information content (AvgIpc) is 3.40. The second kappa shape index (κ2) is 9.51. The third-order valence-corrected chi connectivity index (χ3v) is 6.00. The molecule has 4 rings (SSSR count). The number of amides is 2. The third kappa shape index (κ3) is 5.10. The zero-order chi connectivity index (χ0) is 23.5. The number of hydrogen-bond acceptors (Lipinski definition) is 6. The number of rotatable bonds is 7. The Morgan fingerprint density at radius 2 is 1.97 bits per heavy atom. The third-order valence-electron chi connectivity index (χ3n) is 5.11. The standard InChI is InChI=1S/C24H26N6O2S/c1-15-22-18(12-19(20-9-6-10-33-20)27-23(22)30(4)28-15)24(32)25-13-16-7-5-8-17(11-16)26-21(31)14-29(2)3/h5-12H,13-14H2,1-4H3,(H,25,32)(H,26,31). The van der Waals surface area contributed by atoms with Gasteiger partial charge in [0.1, 0.15) is 0 Å². The first-order chi connectivity index (χ1) is 15.8. The Hall–Kier alpha value is -3.56. The van der Waals surface area contributed by atoms with Gasteiger partial charge in [-0.3, -0.25) is 14.3 Å². The van der Waals surface area contributed by atoms with Crippen LogP contribution in [0.3, 0.4) is 0 Å². The van der Waals surface area contributed by atoms with Crippen molar-refractivity contribution in [1.29, 1.82) is 0 Å². The molecule has 33 heavy (non-hydrogen) atoms. The highest BCUT2D eigenvalue weighted by Gasteiger charge is 2.19. The summed E-state index contributed by atoms with van der Waals surface area (Å²) < 4.78 is 1.71. The minimum Gasteiger partial charge on any atom is -0.348 e. The lowest BCUT2D eigenvalue weighted by Crippen LogP contribution is -2.27. The van der Waals surface area contributed by atoms with Crippen LogP contribution in [0, 0.1) is 6.92 Å². The van der Waals surface area contributed by atoms with Crippen LogP contribution < -0.4 is 10.6 Å². The van der Waals surface area contributed by atoms with E-state index in [0.717, 1.165) is 27.2 Å². The van der Waals surface area contributed by atoms with Gasteiger partial charge in [0.2, 0.25) is 5.91 Å². The molecule has 2 N–H and O–H groups in total. The van der Waals surface area contributed by atoms with Gasteiger partial charge in [-0.1, -0.05) is 18.2 Å². The number of carbonyl (C=O) groups excluding carboxylic acids is 2. The van der Waals surface area contributed by atoms with E-state index in [0.29, 0.717) is 30.0 Å². The predicted octanol–water partition coefficient (Wildman–Crippen LogP) is 3.44. The van der Waals surface area contributed by atoms with Crippen molar-refractivity contribution in [2.24, 2.45) is 7.05 Å². The molecule has 0 bridgehead atoms. The van der Waals surface area contributed by atoms with Crippen LogP contribution in [0.1, 0.15) is 21.6 Å². The van der Waals surface area contributed by atoms with Crippen molar-refractivity contribution in [3.05, 3.63) is 64.7 Å². The highest BCUT2D eigenvalue weighted by molar-refractivity contribution is 7.13. The number of carbonyl (C=O) groups is 2. The van der Waals surface area contributed by atoms with Crippen molar-refractivity contribution >= 4 is 39.9 Å². The van der Waals surface area contributed by atoms with Crippen LogP contribution in [0.15, 0.2) is 47.8 Å². The monoisotopic (exact) mass is 462 g/mol. The van der Waals surface area contributed by atoms with Crippen LogP contribution in [0.2, 0.25) is 0 Å². The average molecular weight is 463 g/mol. The summed E-state index contributed by atoms with van der Waals surface area (Å²) in [5.74, 6) is -0.285.